The van der Waals surface area contributed by atoms with E-state index in [1.807, 2.05) is 0 Å². The van der Waals surface area contributed by atoms with E-state index in [9.17, 15) is 9.59 Å². The zero-order valence-corrected chi connectivity index (χ0v) is 17.9. The maximum absolute atomic E-state index is 12.6. The Morgan fingerprint density at radius 2 is 2.11 bits per heavy atom. The fourth-order valence-electron chi connectivity index (χ4n) is 5.00. The third-order valence-electron chi connectivity index (χ3n) is 7.17. The Labute approximate surface area is 168 Å². The Kier molecular flexibility index (Phi) is 4.85. The molecule has 2 bridgehead atoms. The molecule has 6 nitrogen and oxygen atoms in total. The highest BCUT2D eigenvalue weighted by Gasteiger charge is 2.56. The molecule has 4 atom stereocenters. The molecule has 4 fully saturated rings. The van der Waals surface area contributed by atoms with Gasteiger partial charge in [0.15, 0.2) is 0 Å². The van der Waals surface area contributed by atoms with Gasteiger partial charge in [0.05, 0.1) is 18.4 Å². The van der Waals surface area contributed by atoms with Gasteiger partial charge in [-0.2, -0.15) is 5.10 Å². The van der Waals surface area contributed by atoms with Crippen LogP contribution < -0.4 is 16.2 Å². The zero-order chi connectivity index (χ0) is 19.3. The number of nitrogens with one attached hydrogen (secondary N) is 2. The number of carbonyl (C=O) groups excluding carboxylic acids is 1. The Morgan fingerprint density at radius 1 is 1.37 bits per heavy atom. The predicted molar refractivity (Wildman–Crippen MR) is 109 cm³/mol. The van der Waals surface area contributed by atoms with Gasteiger partial charge in [-0.05, 0) is 64.8 Å². The van der Waals surface area contributed by atoms with Crippen LogP contribution in [-0.2, 0) is 11.3 Å². The highest BCUT2D eigenvalue weighted by molar-refractivity contribution is 9.10. The van der Waals surface area contributed by atoms with Crippen LogP contribution in [-0.4, -0.2) is 27.8 Å². The molecule has 5 rings (SSSR count). The lowest BCUT2D eigenvalue weighted by atomic mass is 9.45. The van der Waals surface area contributed by atoms with E-state index in [4.69, 9.17) is 0 Å². The minimum absolute atomic E-state index is 0.0117. The summed E-state index contributed by atoms with van der Waals surface area (Å²) in [7, 11) is 0. The summed E-state index contributed by atoms with van der Waals surface area (Å²) in [6.45, 7) is 7.39. The first-order valence-corrected chi connectivity index (χ1v) is 10.9. The minimum Gasteiger partial charge on any atom is -0.380 e. The van der Waals surface area contributed by atoms with Gasteiger partial charge in [0.25, 0.3) is 5.56 Å². The van der Waals surface area contributed by atoms with Crippen molar-refractivity contribution in [1.29, 1.82) is 0 Å². The number of carbonyl (C=O) groups is 1. The van der Waals surface area contributed by atoms with Crippen molar-refractivity contribution in [3.63, 3.8) is 0 Å². The fraction of sp³-hybridized carbons (Fsp3) is 0.750. The van der Waals surface area contributed by atoms with Crippen LogP contribution in [0.3, 0.4) is 0 Å². The lowest BCUT2D eigenvalue weighted by Gasteiger charge is -2.62. The van der Waals surface area contributed by atoms with E-state index >= 15 is 0 Å². The van der Waals surface area contributed by atoms with Crippen LogP contribution in [0, 0.1) is 23.2 Å². The Balaban J connectivity index is 1.40. The molecule has 1 heterocycles. The van der Waals surface area contributed by atoms with E-state index in [1.165, 1.54) is 11.1 Å². The predicted octanol–water partition coefficient (Wildman–Crippen LogP) is 3.16. The largest absolute Gasteiger partial charge is 0.380 e. The molecular weight excluding hydrogens is 408 g/mol. The molecule has 1 aromatic rings. The number of aromatic nitrogens is 2. The number of nitrogens with zero attached hydrogens (tertiary/aromatic N) is 2. The van der Waals surface area contributed by atoms with Crippen molar-refractivity contribution in [1.82, 2.24) is 15.1 Å². The van der Waals surface area contributed by atoms with Crippen LogP contribution >= 0.6 is 15.9 Å². The van der Waals surface area contributed by atoms with Gasteiger partial charge in [0.1, 0.15) is 4.47 Å². The summed E-state index contributed by atoms with van der Waals surface area (Å²) in [6.07, 6.45) is 6.59. The molecule has 27 heavy (non-hydrogen) atoms. The quantitative estimate of drug-likeness (QED) is 0.717. The maximum Gasteiger partial charge on any atom is 0.283 e. The first kappa shape index (κ1) is 19.0. The molecular formula is C20H29BrN4O2. The fourth-order valence-corrected chi connectivity index (χ4v) is 5.42. The summed E-state index contributed by atoms with van der Waals surface area (Å²) in [5, 5.41) is 10.8. The maximum atomic E-state index is 12.6. The number of aryl methyl sites for hydroxylation is 1. The average molecular weight is 437 g/mol. The van der Waals surface area contributed by atoms with Gasteiger partial charge in [-0.25, -0.2) is 4.68 Å². The van der Waals surface area contributed by atoms with Crippen molar-refractivity contribution in [3.05, 3.63) is 21.0 Å². The monoisotopic (exact) mass is 436 g/mol. The second-order valence-electron chi connectivity index (χ2n) is 9.20. The van der Waals surface area contributed by atoms with Gasteiger partial charge in [0.2, 0.25) is 5.91 Å². The van der Waals surface area contributed by atoms with E-state index in [1.54, 1.807) is 6.20 Å². The third-order valence-corrected chi connectivity index (χ3v) is 7.94. The number of amides is 1. The van der Waals surface area contributed by atoms with Crippen molar-refractivity contribution in [3.8, 4) is 0 Å². The smallest absolute Gasteiger partial charge is 0.283 e. The first-order chi connectivity index (χ1) is 12.8. The van der Waals surface area contributed by atoms with Gasteiger partial charge in [-0.15, -0.1) is 0 Å². The normalized spacial score (nSPS) is 31.1. The lowest BCUT2D eigenvalue weighted by molar-refractivity contribution is -0.121. The molecule has 7 heteroatoms. The number of hydrogen-bond acceptors (Lipinski definition) is 4. The summed E-state index contributed by atoms with van der Waals surface area (Å²) in [5.74, 6) is 2.06. The standard InChI is InChI=1S/C20H29BrN4O2/c1-11-14-8-12(20(14,2)3)9-15(11)24-16-10-22-25(19(27)18(16)21)7-6-17(26)23-13-4-5-13/h10-15,24H,4-9H2,1-3H3,(H,23,26)/t11-,12-,14+,15-/m1/s1. The number of halogens is 1. The third kappa shape index (κ3) is 3.55. The van der Waals surface area contributed by atoms with Gasteiger partial charge in [-0.3, -0.25) is 9.59 Å². The SMILES string of the molecule is C[C@H]1[C@H](Nc2cnn(CCC(=O)NC3CC3)c(=O)c2Br)C[C@H]2C[C@@H]1C2(C)C. The molecule has 0 aliphatic heterocycles. The highest BCUT2D eigenvalue weighted by Crippen LogP contribution is 2.61. The number of hydrogen-bond donors (Lipinski definition) is 2. The first-order valence-electron chi connectivity index (χ1n) is 10.1. The summed E-state index contributed by atoms with van der Waals surface area (Å²) < 4.78 is 1.87. The molecule has 148 valence electrons. The highest BCUT2D eigenvalue weighted by atomic mass is 79.9. The average Bonchev–Trinajstić information content (AvgIpc) is 3.43. The van der Waals surface area contributed by atoms with Gasteiger partial charge >= 0.3 is 0 Å². The van der Waals surface area contributed by atoms with Crippen LogP contribution in [0.25, 0.3) is 0 Å². The molecule has 1 amide bonds. The number of rotatable bonds is 6. The van der Waals surface area contributed by atoms with Crippen molar-refractivity contribution >= 4 is 27.5 Å². The molecule has 4 aliphatic carbocycles. The Morgan fingerprint density at radius 3 is 2.74 bits per heavy atom. The minimum atomic E-state index is -0.187. The summed E-state index contributed by atoms with van der Waals surface area (Å²) in [4.78, 5) is 24.5. The van der Waals surface area contributed by atoms with E-state index in [0.717, 1.165) is 36.8 Å². The number of anilines is 1. The summed E-state index contributed by atoms with van der Waals surface area (Å²) in [5.41, 5.74) is 1.01. The number of fused-ring (bicyclic) bond motifs is 2. The zero-order valence-electron chi connectivity index (χ0n) is 16.3. The van der Waals surface area contributed by atoms with E-state index in [-0.39, 0.29) is 17.9 Å². The molecule has 4 saturated carbocycles. The van der Waals surface area contributed by atoms with Crippen LogP contribution in [0.5, 0.6) is 0 Å². The second-order valence-corrected chi connectivity index (χ2v) is 9.99. The Bertz CT molecular complexity index is 802. The van der Waals surface area contributed by atoms with Gasteiger partial charge in [0, 0.05) is 18.5 Å². The summed E-state index contributed by atoms with van der Waals surface area (Å²) in [6, 6.07) is 0.716. The van der Waals surface area contributed by atoms with Crippen molar-refractivity contribution in [2.75, 3.05) is 5.32 Å². The molecule has 0 saturated heterocycles. The van der Waals surface area contributed by atoms with Crippen LogP contribution in [0.4, 0.5) is 5.69 Å². The lowest BCUT2D eigenvalue weighted by Crippen LogP contribution is -2.58. The van der Waals surface area contributed by atoms with Gasteiger partial charge < -0.3 is 10.6 Å². The van der Waals surface area contributed by atoms with Gasteiger partial charge in [-0.1, -0.05) is 20.8 Å². The molecule has 0 radical (unpaired) electrons. The molecule has 2 N–H and O–H groups in total. The van der Waals surface area contributed by atoms with Crippen LogP contribution in [0.15, 0.2) is 15.5 Å². The van der Waals surface area contributed by atoms with Crippen LogP contribution in [0.1, 0.15) is 52.9 Å². The molecule has 4 aliphatic rings. The molecule has 0 aromatic carbocycles. The van der Waals surface area contributed by atoms with Crippen LogP contribution in [0.2, 0.25) is 0 Å². The summed E-state index contributed by atoms with van der Waals surface area (Å²) >= 11 is 3.45. The van der Waals surface area contributed by atoms with E-state index < -0.39 is 0 Å². The molecule has 0 spiro atoms. The molecule has 1 aromatic heterocycles. The second kappa shape index (κ2) is 6.90. The molecule has 0 unspecified atom stereocenters. The van der Waals surface area contributed by atoms with E-state index in [2.05, 4.69) is 52.4 Å². The van der Waals surface area contributed by atoms with Crippen molar-refractivity contribution in [2.45, 2.75) is 71.5 Å². The van der Waals surface area contributed by atoms with Crippen molar-refractivity contribution in [2.24, 2.45) is 23.2 Å². The van der Waals surface area contributed by atoms with E-state index in [0.29, 0.717) is 34.4 Å². The van der Waals surface area contributed by atoms with Crippen molar-refractivity contribution < 1.29 is 4.79 Å². The topological polar surface area (TPSA) is 76.0 Å². The Hall–Kier alpha value is -1.37.